The van der Waals surface area contributed by atoms with Crippen LogP contribution < -0.4 is 10.8 Å². The number of carbonyl (C=O) groups is 1. The van der Waals surface area contributed by atoms with Gasteiger partial charge >= 0.3 is 0 Å². The first kappa shape index (κ1) is 16.5. The zero-order valence-corrected chi connectivity index (χ0v) is 14.3. The van der Waals surface area contributed by atoms with Gasteiger partial charge in [-0.05, 0) is 48.1 Å². The molecule has 128 valence electrons. The third-order valence-electron chi connectivity index (χ3n) is 5.07. The summed E-state index contributed by atoms with van der Waals surface area (Å²) < 4.78 is 0. The van der Waals surface area contributed by atoms with E-state index in [2.05, 4.69) is 21.5 Å². The minimum absolute atomic E-state index is 0.162. The summed E-state index contributed by atoms with van der Waals surface area (Å²) in [6.07, 6.45) is 5.34. The minimum atomic E-state index is 0.162. The molecule has 1 aromatic heterocycles. The molecule has 0 saturated carbocycles. The van der Waals surface area contributed by atoms with E-state index in [-0.39, 0.29) is 6.54 Å². The maximum absolute atomic E-state index is 11.0. The number of hydrogen-bond acceptors (Lipinski definition) is 5. The number of anilines is 2. The molecule has 1 N–H and O–H groups in total. The highest BCUT2D eigenvalue weighted by molar-refractivity contribution is 6.77. The molecule has 6 heteroatoms. The van der Waals surface area contributed by atoms with Crippen LogP contribution in [0.4, 0.5) is 11.4 Å². The van der Waals surface area contributed by atoms with Crippen LogP contribution >= 0.6 is 0 Å². The number of pyridine rings is 1. The Morgan fingerprint density at radius 2 is 2.15 bits per heavy atom. The predicted octanol–water partition coefficient (Wildman–Crippen LogP) is 3.70. The van der Waals surface area contributed by atoms with Gasteiger partial charge in [-0.2, -0.15) is 4.91 Å². The summed E-state index contributed by atoms with van der Waals surface area (Å²) in [5, 5.41) is 7.55. The van der Waals surface area contributed by atoms with Gasteiger partial charge in [0.1, 0.15) is 12.8 Å². The van der Waals surface area contributed by atoms with Crippen molar-refractivity contribution >= 4 is 40.7 Å². The lowest BCUT2D eigenvalue weighted by atomic mass is 9.44. The van der Waals surface area contributed by atoms with E-state index in [4.69, 9.17) is 0 Å². The molecule has 0 fully saturated rings. The molecule has 2 heterocycles. The van der Waals surface area contributed by atoms with E-state index in [9.17, 15) is 9.70 Å². The third kappa shape index (κ3) is 2.99. The van der Waals surface area contributed by atoms with Crippen LogP contribution in [0, 0.1) is 4.91 Å². The van der Waals surface area contributed by atoms with Gasteiger partial charge in [0.25, 0.3) is 0 Å². The number of hydrogen-bond donors (Lipinski definition) is 1. The molecule has 1 aliphatic heterocycles. The van der Waals surface area contributed by atoms with E-state index in [1.54, 1.807) is 6.20 Å². The van der Waals surface area contributed by atoms with Crippen molar-refractivity contribution < 1.29 is 4.79 Å². The number of nitrogens with zero attached hydrogens (tertiary/aromatic N) is 2. The number of fused-ring (bicyclic) bond motifs is 3. The number of nitroso groups, excluding NO2 is 1. The van der Waals surface area contributed by atoms with Gasteiger partial charge in [-0.3, -0.25) is 4.98 Å². The van der Waals surface area contributed by atoms with Crippen molar-refractivity contribution in [2.75, 3.05) is 5.32 Å². The number of aromatic nitrogens is 1. The Bertz CT molecular complexity index is 990. The average molecular weight is 343 g/mol. The average Bonchev–Trinajstić information content (AvgIpc) is 3.06. The van der Waals surface area contributed by atoms with Gasteiger partial charge in [0.05, 0.1) is 5.52 Å². The van der Waals surface area contributed by atoms with Gasteiger partial charge < -0.3 is 10.1 Å². The van der Waals surface area contributed by atoms with E-state index in [1.165, 1.54) is 11.0 Å². The van der Waals surface area contributed by atoms with Crippen molar-refractivity contribution in [2.24, 2.45) is 5.18 Å². The Balaban J connectivity index is 1.77. The molecule has 26 heavy (non-hydrogen) atoms. The maximum Gasteiger partial charge on any atom is 0.183 e. The molecule has 4 rings (SSSR count). The van der Waals surface area contributed by atoms with E-state index in [1.807, 2.05) is 36.4 Å². The third-order valence-corrected chi connectivity index (χ3v) is 5.07. The highest BCUT2D eigenvalue weighted by Crippen LogP contribution is 2.32. The van der Waals surface area contributed by atoms with Gasteiger partial charge in [0.15, 0.2) is 6.71 Å². The molecule has 0 spiro atoms. The highest BCUT2D eigenvalue weighted by Gasteiger charge is 2.27. The normalized spacial score (nSPS) is 12.8. The van der Waals surface area contributed by atoms with Crippen molar-refractivity contribution in [1.82, 2.24) is 4.98 Å². The molecule has 2 aromatic carbocycles. The quantitative estimate of drug-likeness (QED) is 0.421. The van der Waals surface area contributed by atoms with E-state index < -0.39 is 0 Å². The van der Waals surface area contributed by atoms with Crippen LogP contribution in [-0.4, -0.2) is 18.0 Å². The van der Waals surface area contributed by atoms with Gasteiger partial charge in [-0.15, -0.1) is 0 Å². The fraction of sp³-hybridized carbons (Fsp3) is 0.200. The molecule has 0 bridgehead atoms. The van der Waals surface area contributed by atoms with Gasteiger partial charge in [-0.25, -0.2) is 0 Å². The molecule has 0 aliphatic carbocycles. The van der Waals surface area contributed by atoms with E-state index in [0.717, 1.165) is 46.9 Å². The van der Waals surface area contributed by atoms with Gasteiger partial charge in [0.2, 0.25) is 0 Å². The molecule has 1 aliphatic rings. The van der Waals surface area contributed by atoms with Gasteiger partial charge in [-0.1, -0.05) is 35.2 Å². The first-order valence-corrected chi connectivity index (χ1v) is 8.79. The van der Waals surface area contributed by atoms with Crippen molar-refractivity contribution in [3.63, 3.8) is 0 Å². The zero-order valence-electron chi connectivity index (χ0n) is 14.3. The minimum Gasteiger partial charge on any atom is -0.355 e. The second-order valence-corrected chi connectivity index (χ2v) is 6.64. The maximum atomic E-state index is 11.0. The molecule has 3 aromatic rings. The number of rotatable bonds is 6. The summed E-state index contributed by atoms with van der Waals surface area (Å²) in [6.45, 7) is 0.469. The second-order valence-electron chi connectivity index (χ2n) is 6.64. The number of carbonyl (C=O) groups excluding carboxylic acids is 1. The number of nitrogens with one attached hydrogen (secondary N) is 1. The molecule has 0 amide bonds. The summed E-state index contributed by atoms with van der Waals surface area (Å²) in [4.78, 5) is 26.0. The fourth-order valence-electron chi connectivity index (χ4n) is 3.90. The number of benzene rings is 2. The monoisotopic (exact) mass is 343 g/mol. The smallest absolute Gasteiger partial charge is 0.183 e. The Labute approximate surface area is 151 Å². The molecule has 0 radical (unpaired) electrons. The van der Waals surface area contributed by atoms with E-state index in [0.29, 0.717) is 13.0 Å². The topological polar surface area (TPSA) is 71.4 Å². The van der Waals surface area contributed by atoms with Crippen LogP contribution in [0.3, 0.4) is 0 Å². The van der Waals surface area contributed by atoms with Crippen LogP contribution in [0.1, 0.15) is 11.1 Å². The van der Waals surface area contributed by atoms with Crippen molar-refractivity contribution in [3.8, 4) is 0 Å². The molecule has 5 nitrogen and oxygen atoms in total. The van der Waals surface area contributed by atoms with Crippen LogP contribution in [0.5, 0.6) is 0 Å². The fourth-order valence-corrected chi connectivity index (χ4v) is 3.90. The lowest BCUT2D eigenvalue weighted by Gasteiger charge is -2.14. The summed E-state index contributed by atoms with van der Waals surface area (Å²) in [5.41, 5.74) is 6.29. The SMILES string of the molecule is O=CCB1CCc2c1ccc1nccc(Nc3cccc(CN=O)c3)c21. The molecule has 0 unspecified atom stereocenters. The van der Waals surface area contributed by atoms with Crippen LogP contribution in [-0.2, 0) is 17.8 Å². The lowest BCUT2D eigenvalue weighted by Crippen LogP contribution is -2.26. The summed E-state index contributed by atoms with van der Waals surface area (Å²) in [5.74, 6) is 0. The van der Waals surface area contributed by atoms with Crippen molar-refractivity contribution in [1.29, 1.82) is 0 Å². The Morgan fingerprint density at radius 1 is 1.23 bits per heavy atom. The molecule has 0 saturated heterocycles. The number of aryl methyl sites for hydroxylation is 1. The molecular formula is C20H18BN3O2. The second kappa shape index (κ2) is 7.08. The standard InChI is InChI=1S/C20H18BN3O2/c25-11-9-21-8-6-16-17(21)4-5-18-20(16)19(7-10-22-18)24-15-3-1-2-14(12-15)13-23-26/h1-5,7,10-12H,6,8-9,13H2,(H,22,24). The van der Waals surface area contributed by atoms with Gasteiger partial charge in [0, 0.05) is 23.0 Å². The summed E-state index contributed by atoms with van der Waals surface area (Å²) in [6, 6.07) is 13.8. The predicted molar refractivity (Wildman–Crippen MR) is 106 cm³/mol. The molecular weight excluding hydrogens is 325 g/mol. The van der Waals surface area contributed by atoms with Crippen molar-refractivity contribution in [2.45, 2.75) is 25.6 Å². The number of aldehydes is 1. The highest BCUT2D eigenvalue weighted by atomic mass is 16.3. The van der Waals surface area contributed by atoms with E-state index >= 15 is 0 Å². The Kier molecular flexibility index (Phi) is 4.48. The summed E-state index contributed by atoms with van der Waals surface area (Å²) in [7, 11) is 0. The molecule has 0 atom stereocenters. The Hall–Kier alpha value is -3.02. The first-order chi connectivity index (χ1) is 12.8. The largest absolute Gasteiger partial charge is 0.355 e. The van der Waals surface area contributed by atoms with Crippen molar-refractivity contribution in [3.05, 3.63) is 64.7 Å². The lowest BCUT2D eigenvalue weighted by molar-refractivity contribution is -0.106. The Morgan fingerprint density at radius 3 is 3.00 bits per heavy atom. The summed E-state index contributed by atoms with van der Waals surface area (Å²) >= 11 is 0. The van der Waals surface area contributed by atoms with Crippen LogP contribution in [0.2, 0.25) is 12.6 Å². The zero-order chi connectivity index (χ0) is 17.9. The van der Waals surface area contributed by atoms with Crippen LogP contribution in [0.15, 0.2) is 53.8 Å². The van der Waals surface area contributed by atoms with Crippen LogP contribution in [0.25, 0.3) is 10.9 Å². The first-order valence-electron chi connectivity index (χ1n) is 8.79.